The van der Waals surface area contributed by atoms with Gasteiger partial charge in [0.25, 0.3) is 0 Å². The number of hydrogen-bond donors (Lipinski definition) is 1. The topological polar surface area (TPSA) is 44.5 Å². The van der Waals surface area contributed by atoms with Crippen LogP contribution in [0.15, 0.2) is 40.9 Å². The summed E-state index contributed by atoms with van der Waals surface area (Å²) >= 11 is 2.94. The van der Waals surface area contributed by atoms with Crippen LogP contribution in [-0.4, -0.2) is 6.36 Å². The maximum Gasteiger partial charge on any atom is 0.573 e. The van der Waals surface area contributed by atoms with Crippen LogP contribution in [0.3, 0.4) is 0 Å². The summed E-state index contributed by atoms with van der Waals surface area (Å²) < 4.78 is 59.3. The number of nitrogens with two attached hydrogens (primary N) is 1. The van der Waals surface area contributed by atoms with Gasteiger partial charge in [0.1, 0.15) is 5.82 Å². The highest BCUT2D eigenvalue weighted by Crippen LogP contribution is 2.38. The van der Waals surface area contributed by atoms with E-state index >= 15 is 0 Å². The number of para-hydroxylation sites is 2. The molecule has 0 bridgehead atoms. The number of hydrogen-bond acceptors (Lipinski definition) is 3. The maximum absolute atomic E-state index is 13.2. The summed E-state index contributed by atoms with van der Waals surface area (Å²) in [6.07, 6.45) is -4.85. The zero-order valence-corrected chi connectivity index (χ0v) is 11.8. The molecule has 0 aliphatic heterocycles. The van der Waals surface area contributed by atoms with E-state index in [1.165, 1.54) is 24.3 Å². The van der Waals surface area contributed by atoms with Crippen LogP contribution >= 0.6 is 15.9 Å². The summed E-state index contributed by atoms with van der Waals surface area (Å²) in [5.41, 5.74) is 5.51. The smallest absolute Gasteiger partial charge is 0.451 e. The van der Waals surface area contributed by atoms with Crippen molar-refractivity contribution in [3.05, 3.63) is 46.7 Å². The largest absolute Gasteiger partial charge is 0.573 e. The van der Waals surface area contributed by atoms with Crippen LogP contribution < -0.4 is 15.2 Å². The van der Waals surface area contributed by atoms with E-state index in [1.54, 1.807) is 0 Å². The van der Waals surface area contributed by atoms with E-state index in [-0.39, 0.29) is 21.7 Å². The molecule has 0 unspecified atom stereocenters. The number of nitrogen functional groups attached to an aromatic ring is 1. The quantitative estimate of drug-likeness (QED) is 0.623. The van der Waals surface area contributed by atoms with E-state index in [9.17, 15) is 17.6 Å². The molecule has 21 heavy (non-hydrogen) atoms. The van der Waals surface area contributed by atoms with Gasteiger partial charge in [-0.15, -0.1) is 13.2 Å². The minimum absolute atomic E-state index is 0.00139. The standard InChI is InChI=1S/C13H8BrF4NO2/c14-7-5-12(9(19)6-8(7)15)20-10-3-1-2-4-11(10)21-13(16,17)18/h1-6H,19H2. The number of ether oxygens (including phenoxy) is 2. The van der Waals surface area contributed by atoms with Crippen molar-refractivity contribution in [2.24, 2.45) is 0 Å². The van der Waals surface area contributed by atoms with Crippen molar-refractivity contribution >= 4 is 21.6 Å². The van der Waals surface area contributed by atoms with Gasteiger partial charge in [-0.1, -0.05) is 12.1 Å². The van der Waals surface area contributed by atoms with Gasteiger partial charge < -0.3 is 15.2 Å². The Labute approximate surface area is 125 Å². The third-order valence-corrected chi connectivity index (χ3v) is 2.96. The molecule has 2 aromatic carbocycles. The van der Waals surface area contributed by atoms with Crippen LogP contribution in [0.2, 0.25) is 0 Å². The normalized spacial score (nSPS) is 11.3. The molecule has 0 aliphatic rings. The minimum atomic E-state index is -4.85. The van der Waals surface area contributed by atoms with Gasteiger partial charge in [-0.25, -0.2) is 4.39 Å². The third kappa shape index (κ3) is 4.01. The fraction of sp³-hybridized carbons (Fsp3) is 0.0769. The lowest BCUT2D eigenvalue weighted by atomic mass is 10.3. The zero-order valence-electron chi connectivity index (χ0n) is 10.2. The second kappa shape index (κ2) is 5.80. The molecule has 0 aromatic heterocycles. The van der Waals surface area contributed by atoms with Gasteiger partial charge in [0, 0.05) is 12.1 Å². The highest BCUT2D eigenvalue weighted by atomic mass is 79.9. The molecule has 112 valence electrons. The summed E-state index contributed by atoms with van der Waals surface area (Å²) in [6, 6.07) is 7.40. The number of halogens is 5. The average Bonchev–Trinajstić information content (AvgIpc) is 2.36. The zero-order chi connectivity index (χ0) is 15.6. The molecule has 2 aromatic rings. The Hall–Kier alpha value is -1.96. The van der Waals surface area contributed by atoms with Crippen molar-refractivity contribution in [2.75, 3.05) is 5.73 Å². The lowest BCUT2D eigenvalue weighted by Gasteiger charge is -2.15. The van der Waals surface area contributed by atoms with E-state index in [0.717, 1.165) is 12.1 Å². The lowest BCUT2D eigenvalue weighted by Crippen LogP contribution is -2.17. The highest BCUT2D eigenvalue weighted by molar-refractivity contribution is 9.10. The van der Waals surface area contributed by atoms with Gasteiger partial charge in [0.2, 0.25) is 0 Å². The third-order valence-electron chi connectivity index (χ3n) is 2.35. The van der Waals surface area contributed by atoms with Crippen LogP contribution in [0, 0.1) is 5.82 Å². The monoisotopic (exact) mass is 365 g/mol. The first-order valence-corrected chi connectivity index (χ1v) is 6.33. The highest BCUT2D eigenvalue weighted by Gasteiger charge is 2.32. The summed E-state index contributed by atoms with van der Waals surface area (Å²) in [4.78, 5) is 0. The van der Waals surface area contributed by atoms with Crippen molar-refractivity contribution in [3.63, 3.8) is 0 Å². The summed E-state index contributed by atoms with van der Waals surface area (Å²) in [6.45, 7) is 0. The predicted octanol–water partition coefficient (Wildman–Crippen LogP) is 4.86. The molecule has 0 radical (unpaired) electrons. The SMILES string of the molecule is Nc1cc(F)c(Br)cc1Oc1ccccc1OC(F)(F)F. The molecule has 3 nitrogen and oxygen atoms in total. The Kier molecular flexibility index (Phi) is 4.26. The summed E-state index contributed by atoms with van der Waals surface area (Å²) in [5.74, 6) is -1.33. The van der Waals surface area contributed by atoms with E-state index in [2.05, 4.69) is 20.7 Å². The van der Waals surface area contributed by atoms with Crippen molar-refractivity contribution in [1.82, 2.24) is 0 Å². The molecule has 0 saturated carbocycles. The van der Waals surface area contributed by atoms with Crippen molar-refractivity contribution in [1.29, 1.82) is 0 Å². The fourth-order valence-electron chi connectivity index (χ4n) is 1.49. The van der Waals surface area contributed by atoms with Gasteiger partial charge in [0.05, 0.1) is 10.2 Å². The molecule has 0 amide bonds. The van der Waals surface area contributed by atoms with E-state index < -0.39 is 17.9 Å². The van der Waals surface area contributed by atoms with Gasteiger partial charge >= 0.3 is 6.36 Å². The molecule has 0 fully saturated rings. The van der Waals surface area contributed by atoms with Crippen LogP contribution in [0.5, 0.6) is 17.2 Å². The van der Waals surface area contributed by atoms with Crippen LogP contribution in [0.1, 0.15) is 0 Å². The van der Waals surface area contributed by atoms with E-state index in [0.29, 0.717) is 0 Å². The first-order chi connectivity index (χ1) is 9.76. The molecular formula is C13H8BrF4NO2. The second-order valence-electron chi connectivity index (χ2n) is 3.90. The van der Waals surface area contributed by atoms with Gasteiger partial charge in [-0.2, -0.15) is 0 Å². The molecule has 8 heteroatoms. The number of alkyl halides is 3. The van der Waals surface area contributed by atoms with Gasteiger partial charge in [-0.3, -0.25) is 0 Å². The lowest BCUT2D eigenvalue weighted by molar-refractivity contribution is -0.275. The Bertz CT molecular complexity index is 661. The van der Waals surface area contributed by atoms with Crippen LogP contribution in [0.25, 0.3) is 0 Å². The predicted molar refractivity (Wildman–Crippen MR) is 71.7 cm³/mol. The van der Waals surface area contributed by atoms with E-state index in [4.69, 9.17) is 10.5 Å². The molecule has 0 aliphatic carbocycles. The van der Waals surface area contributed by atoms with Gasteiger partial charge in [0.15, 0.2) is 17.2 Å². The Balaban J connectivity index is 2.34. The molecule has 2 N–H and O–H groups in total. The van der Waals surface area contributed by atoms with Crippen LogP contribution in [-0.2, 0) is 0 Å². The molecular weight excluding hydrogens is 358 g/mol. The fourth-order valence-corrected chi connectivity index (χ4v) is 1.82. The Morgan fingerprint density at radius 2 is 1.62 bits per heavy atom. The Morgan fingerprint density at radius 1 is 1.00 bits per heavy atom. The molecule has 0 heterocycles. The minimum Gasteiger partial charge on any atom is -0.451 e. The average molecular weight is 366 g/mol. The number of anilines is 1. The van der Waals surface area contributed by atoms with Crippen molar-refractivity contribution < 1.29 is 27.0 Å². The maximum atomic E-state index is 13.2. The second-order valence-corrected chi connectivity index (χ2v) is 4.76. The number of benzene rings is 2. The van der Waals surface area contributed by atoms with Crippen molar-refractivity contribution in [3.8, 4) is 17.2 Å². The number of rotatable bonds is 3. The summed E-state index contributed by atoms with van der Waals surface area (Å²) in [7, 11) is 0. The van der Waals surface area contributed by atoms with Gasteiger partial charge in [-0.05, 0) is 28.1 Å². The summed E-state index contributed by atoms with van der Waals surface area (Å²) in [5, 5.41) is 0. The van der Waals surface area contributed by atoms with Crippen LogP contribution in [0.4, 0.5) is 23.2 Å². The molecule has 2 rings (SSSR count). The first kappa shape index (κ1) is 15.4. The molecule has 0 spiro atoms. The van der Waals surface area contributed by atoms with E-state index in [1.807, 2.05) is 0 Å². The first-order valence-electron chi connectivity index (χ1n) is 5.53. The molecule has 0 saturated heterocycles. The molecule has 0 atom stereocenters. The Morgan fingerprint density at radius 3 is 2.24 bits per heavy atom. The van der Waals surface area contributed by atoms with Crippen molar-refractivity contribution in [2.45, 2.75) is 6.36 Å².